The average molecular weight is 216 g/mol. The third kappa shape index (κ3) is 3.18. The Bertz CT molecular complexity index is 318. The van der Waals surface area contributed by atoms with Gasteiger partial charge in [-0.1, -0.05) is 17.7 Å². The van der Waals surface area contributed by atoms with E-state index in [2.05, 4.69) is 5.32 Å². The Morgan fingerprint density at radius 3 is 2.64 bits per heavy atom. The van der Waals surface area contributed by atoms with Gasteiger partial charge in [0, 0.05) is 17.3 Å². The zero-order valence-electron chi connectivity index (χ0n) is 8.70. The van der Waals surface area contributed by atoms with Gasteiger partial charge in [0.15, 0.2) is 0 Å². The van der Waals surface area contributed by atoms with Crippen LogP contribution in [-0.4, -0.2) is 12.2 Å². The largest absolute Gasteiger partial charge is 0.382 e. The highest BCUT2D eigenvalue weighted by Gasteiger charge is 2.15. The second kappa shape index (κ2) is 4.18. The van der Waals surface area contributed by atoms with Crippen LogP contribution in [0.3, 0.4) is 0 Å². The molecule has 0 saturated carbocycles. The lowest BCUT2D eigenvalue weighted by atomic mass is 10.1. The molecule has 1 N–H and O–H groups in total. The molecule has 0 spiro atoms. The van der Waals surface area contributed by atoms with E-state index in [1.54, 1.807) is 13.8 Å². The zero-order valence-corrected chi connectivity index (χ0v) is 9.45. The van der Waals surface area contributed by atoms with E-state index in [1.807, 2.05) is 25.1 Å². The number of hydrogen-bond donors (Lipinski definition) is 1. The molecule has 0 bridgehead atoms. The molecule has 1 aromatic carbocycles. The van der Waals surface area contributed by atoms with Gasteiger partial charge in [-0.2, -0.15) is 0 Å². The van der Waals surface area contributed by atoms with Gasteiger partial charge in [0.2, 0.25) is 0 Å². The van der Waals surface area contributed by atoms with Gasteiger partial charge in [-0.25, -0.2) is 4.39 Å². The van der Waals surface area contributed by atoms with Gasteiger partial charge < -0.3 is 5.32 Å². The molecular weight excluding hydrogens is 201 g/mol. The van der Waals surface area contributed by atoms with Crippen LogP contribution in [0.5, 0.6) is 0 Å². The second-order valence-electron chi connectivity index (χ2n) is 3.98. The molecule has 0 unspecified atom stereocenters. The van der Waals surface area contributed by atoms with Crippen molar-refractivity contribution in [1.82, 2.24) is 0 Å². The van der Waals surface area contributed by atoms with Crippen molar-refractivity contribution in [3.63, 3.8) is 0 Å². The molecule has 0 aliphatic rings. The summed E-state index contributed by atoms with van der Waals surface area (Å²) in [6.45, 7) is 5.28. The Balaban J connectivity index is 2.73. The molecule has 1 rings (SSSR count). The molecule has 14 heavy (non-hydrogen) atoms. The molecule has 3 heteroatoms. The Morgan fingerprint density at radius 1 is 1.43 bits per heavy atom. The van der Waals surface area contributed by atoms with Crippen LogP contribution in [0.25, 0.3) is 0 Å². The molecule has 0 saturated heterocycles. The lowest BCUT2D eigenvalue weighted by molar-refractivity contribution is 0.235. The normalized spacial score (nSPS) is 11.5. The summed E-state index contributed by atoms with van der Waals surface area (Å²) >= 11 is 5.93. The van der Waals surface area contributed by atoms with E-state index >= 15 is 0 Å². The fraction of sp³-hybridized carbons (Fsp3) is 0.455. The van der Waals surface area contributed by atoms with Crippen molar-refractivity contribution < 1.29 is 4.39 Å². The highest BCUT2D eigenvalue weighted by molar-refractivity contribution is 6.31. The van der Waals surface area contributed by atoms with E-state index in [0.29, 0.717) is 5.02 Å². The molecule has 0 aliphatic carbocycles. The van der Waals surface area contributed by atoms with Gasteiger partial charge in [-0.05, 0) is 38.5 Å². The summed E-state index contributed by atoms with van der Waals surface area (Å²) in [5, 5.41) is 3.73. The van der Waals surface area contributed by atoms with Crippen molar-refractivity contribution in [2.75, 3.05) is 11.9 Å². The van der Waals surface area contributed by atoms with E-state index in [0.717, 1.165) is 11.3 Å². The minimum Gasteiger partial charge on any atom is -0.382 e. The van der Waals surface area contributed by atoms with E-state index in [-0.39, 0.29) is 6.54 Å². The summed E-state index contributed by atoms with van der Waals surface area (Å²) in [5.41, 5.74) is 0.635. The Kier molecular flexibility index (Phi) is 3.38. The van der Waals surface area contributed by atoms with Crippen LogP contribution in [0.4, 0.5) is 10.1 Å². The molecule has 0 radical (unpaired) electrons. The van der Waals surface area contributed by atoms with Gasteiger partial charge in [-0.3, -0.25) is 0 Å². The number of rotatable bonds is 3. The van der Waals surface area contributed by atoms with Gasteiger partial charge in [-0.15, -0.1) is 0 Å². The lowest BCUT2D eigenvalue weighted by Gasteiger charge is -2.17. The molecule has 0 aliphatic heterocycles. The maximum atomic E-state index is 13.2. The molecule has 0 amide bonds. The van der Waals surface area contributed by atoms with Crippen molar-refractivity contribution in [1.29, 1.82) is 0 Å². The van der Waals surface area contributed by atoms with Crippen LogP contribution in [-0.2, 0) is 0 Å². The Hall–Kier alpha value is -0.760. The molecule has 0 aromatic heterocycles. The third-order valence-electron chi connectivity index (χ3n) is 1.97. The minimum absolute atomic E-state index is 0.286. The van der Waals surface area contributed by atoms with Crippen molar-refractivity contribution in [3.8, 4) is 0 Å². The van der Waals surface area contributed by atoms with Gasteiger partial charge in [0.05, 0.1) is 0 Å². The standard InChI is InChI=1S/C11H15ClFN/c1-8-9(12)5-4-6-10(8)14-7-11(2,3)13/h4-6,14H,7H2,1-3H3. The number of alkyl halides is 1. The van der Waals surface area contributed by atoms with Crippen molar-refractivity contribution in [2.45, 2.75) is 26.4 Å². The predicted molar refractivity (Wildman–Crippen MR) is 59.9 cm³/mol. The highest BCUT2D eigenvalue weighted by atomic mass is 35.5. The molecule has 1 aromatic rings. The monoisotopic (exact) mass is 215 g/mol. The second-order valence-corrected chi connectivity index (χ2v) is 4.39. The summed E-state index contributed by atoms with van der Waals surface area (Å²) in [6, 6.07) is 5.57. The number of halogens is 2. The van der Waals surface area contributed by atoms with E-state index in [4.69, 9.17) is 11.6 Å². The van der Waals surface area contributed by atoms with Crippen molar-refractivity contribution >= 4 is 17.3 Å². The lowest BCUT2D eigenvalue weighted by Crippen LogP contribution is -2.24. The molecular formula is C11H15ClFN. The number of benzene rings is 1. The van der Waals surface area contributed by atoms with E-state index in [9.17, 15) is 4.39 Å². The van der Waals surface area contributed by atoms with E-state index in [1.165, 1.54) is 0 Å². The van der Waals surface area contributed by atoms with Crippen LogP contribution in [0.1, 0.15) is 19.4 Å². The third-order valence-corrected chi connectivity index (χ3v) is 2.38. The summed E-state index contributed by atoms with van der Waals surface area (Å²) in [6.07, 6.45) is 0. The summed E-state index contributed by atoms with van der Waals surface area (Å²) in [4.78, 5) is 0. The summed E-state index contributed by atoms with van der Waals surface area (Å²) < 4.78 is 13.2. The van der Waals surface area contributed by atoms with Gasteiger partial charge >= 0.3 is 0 Å². The fourth-order valence-electron chi connectivity index (χ4n) is 1.10. The zero-order chi connectivity index (χ0) is 10.8. The first-order chi connectivity index (χ1) is 6.40. The first-order valence-electron chi connectivity index (χ1n) is 4.58. The summed E-state index contributed by atoms with van der Waals surface area (Å²) in [5.74, 6) is 0. The highest BCUT2D eigenvalue weighted by Crippen LogP contribution is 2.23. The Labute approximate surface area is 89.3 Å². The maximum Gasteiger partial charge on any atom is 0.122 e. The predicted octanol–water partition coefficient (Wildman–Crippen LogP) is 3.81. The van der Waals surface area contributed by atoms with Crippen LogP contribution in [0, 0.1) is 6.92 Å². The minimum atomic E-state index is -1.21. The van der Waals surface area contributed by atoms with E-state index < -0.39 is 5.67 Å². The number of hydrogen-bond acceptors (Lipinski definition) is 1. The molecule has 78 valence electrons. The van der Waals surface area contributed by atoms with Gasteiger partial charge in [0.25, 0.3) is 0 Å². The fourth-order valence-corrected chi connectivity index (χ4v) is 1.28. The van der Waals surface area contributed by atoms with Crippen LogP contribution >= 0.6 is 11.6 Å². The van der Waals surface area contributed by atoms with Gasteiger partial charge in [0.1, 0.15) is 5.67 Å². The quantitative estimate of drug-likeness (QED) is 0.809. The number of nitrogens with one attached hydrogen (secondary N) is 1. The molecule has 0 atom stereocenters. The topological polar surface area (TPSA) is 12.0 Å². The van der Waals surface area contributed by atoms with Crippen LogP contribution in [0.15, 0.2) is 18.2 Å². The first-order valence-corrected chi connectivity index (χ1v) is 4.96. The van der Waals surface area contributed by atoms with Crippen LogP contribution in [0.2, 0.25) is 5.02 Å². The number of anilines is 1. The van der Waals surface area contributed by atoms with Crippen LogP contribution < -0.4 is 5.32 Å². The average Bonchev–Trinajstić information content (AvgIpc) is 2.06. The van der Waals surface area contributed by atoms with Crippen molar-refractivity contribution in [2.24, 2.45) is 0 Å². The Morgan fingerprint density at radius 2 is 2.07 bits per heavy atom. The molecule has 0 heterocycles. The molecule has 0 fully saturated rings. The summed E-state index contributed by atoms with van der Waals surface area (Å²) in [7, 11) is 0. The molecule has 1 nitrogen and oxygen atoms in total. The SMILES string of the molecule is Cc1c(Cl)cccc1NCC(C)(C)F. The smallest absolute Gasteiger partial charge is 0.122 e. The maximum absolute atomic E-state index is 13.2. The van der Waals surface area contributed by atoms with Crippen molar-refractivity contribution in [3.05, 3.63) is 28.8 Å². The first kappa shape index (κ1) is 11.3.